The molecular weight excluding hydrogens is 335 g/mol. The number of nitrogens with zero attached hydrogens (tertiary/aromatic N) is 1. The number of ether oxygens (including phenoxy) is 1. The highest BCUT2D eigenvalue weighted by molar-refractivity contribution is 6.35. The van der Waals surface area contributed by atoms with Crippen molar-refractivity contribution in [3.05, 3.63) is 63.1 Å². The molecule has 0 aliphatic heterocycles. The molecule has 0 heterocycles. The van der Waals surface area contributed by atoms with E-state index in [-0.39, 0.29) is 12.5 Å². The van der Waals surface area contributed by atoms with E-state index in [9.17, 15) is 4.79 Å². The molecule has 0 atom stereocenters. The molecule has 0 unspecified atom stereocenters. The number of carbonyl (C=O) groups excluding carboxylic acids is 1. The molecule has 0 saturated heterocycles. The first-order valence-corrected chi connectivity index (χ1v) is 7.68. The van der Waals surface area contributed by atoms with E-state index in [1.807, 2.05) is 26.0 Å². The maximum Gasteiger partial charge on any atom is 0.277 e. The van der Waals surface area contributed by atoms with Gasteiger partial charge in [0.1, 0.15) is 5.75 Å². The van der Waals surface area contributed by atoms with Gasteiger partial charge in [-0.1, -0.05) is 47.0 Å². The Bertz CT molecular complexity index is 745. The third-order valence-electron chi connectivity index (χ3n) is 3.07. The van der Waals surface area contributed by atoms with Gasteiger partial charge in [-0.3, -0.25) is 4.79 Å². The zero-order chi connectivity index (χ0) is 16.8. The largest absolute Gasteiger partial charge is 0.482 e. The summed E-state index contributed by atoms with van der Waals surface area (Å²) in [6.45, 7) is 3.82. The van der Waals surface area contributed by atoms with E-state index in [2.05, 4.69) is 16.6 Å². The van der Waals surface area contributed by atoms with E-state index < -0.39 is 0 Å². The SMILES string of the molecule is Cc1ccc(/C=N\NC(=O)COc2ccc(Cl)cc2Cl)c(C)c1. The van der Waals surface area contributed by atoms with Gasteiger partial charge in [-0.2, -0.15) is 5.10 Å². The summed E-state index contributed by atoms with van der Waals surface area (Å²) in [5.41, 5.74) is 5.62. The fourth-order valence-corrected chi connectivity index (χ4v) is 2.38. The molecule has 0 fully saturated rings. The average Bonchev–Trinajstić information content (AvgIpc) is 2.48. The second kappa shape index (κ2) is 7.99. The number of amides is 1. The van der Waals surface area contributed by atoms with Crippen molar-refractivity contribution in [2.24, 2.45) is 5.10 Å². The van der Waals surface area contributed by atoms with Gasteiger partial charge in [0.2, 0.25) is 0 Å². The van der Waals surface area contributed by atoms with Crippen LogP contribution in [-0.4, -0.2) is 18.7 Å². The summed E-state index contributed by atoms with van der Waals surface area (Å²) in [4.78, 5) is 11.7. The molecule has 1 N–H and O–H groups in total. The molecule has 0 spiro atoms. The number of hydrogen-bond acceptors (Lipinski definition) is 3. The van der Waals surface area contributed by atoms with Crippen LogP contribution in [0.1, 0.15) is 16.7 Å². The van der Waals surface area contributed by atoms with Crippen LogP contribution in [0.15, 0.2) is 41.5 Å². The summed E-state index contributed by atoms with van der Waals surface area (Å²) in [5.74, 6) is 0.0154. The lowest BCUT2D eigenvalue weighted by Gasteiger charge is -2.07. The normalized spacial score (nSPS) is 10.8. The zero-order valence-electron chi connectivity index (χ0n) is 12.8. The van der Waals surface area contributed by atoms with Gasteiger partial charge in [-0.05, 0) is 43.2 Å². The molecule has 4 nitrogen and oxygen atoms in total. The second-order valence-electron chi connectivity index (χ2n) is 5.02. The highest BCUT2D eigenvalue weighted by Gasteiger charge is 2.05. The summed E-state index contributed by atoms with van der Waals surface area (Å²) < 4.78 is 5.32. The van der Waals surface area contributed by atoms with Gasteiger partial charge in [-0.15, -0.1) is 0 Å². The molecule has 1 amide bonds. The Morgan fingerprint density at radius 1 is 1.22 bits per heavy atom. The number of hydrazone groups is 1. The number of halogens is 2. The molecule has 2 aromatic carbocycles. The smallest absolute Gasteiger partial charge is 0.277 e. The molecule has 0 radical (unpaired) electrons. The Labute approximate surface area is 145 Å². The van der Waals surface area contributed by atoms with Gasteiger partial charge >= 0.3 is 0 Å². The predicted octanol–water partition coefficient (Wildman–Crippen LogP) is 4.14. The van der Waals surface area contributed by atoms with E-state index in [0.29, 0.717) is 15.8 Å². The number of nitrogens with one attached hydrogen (secondary N) is 1. The van der Waals surface area contributed by atoms with Crippen LogP contribution in [0, 0.1) is 13.8 Å². The van der Waals surface area contributed by atoms with Crippen LogP contribution in [0.4, 0.5) is 0 Å². The molecule has 23 heavy (non-hydrogen) atoms. The van der Waals surface area contributed by atoms with Crippen LogP contribution < -0.4 is 10.2 Å². The minimum Gasteiger partial charge on any atom is -0.482 e. The summed E-state index contributed by atoms with van der Waals surface area (Å²) in [6.07, 6.45) is 1.60. The monoisotopic (exact) mass is 350 g/mol. The van der Waals surface area contributed by atoms with Crippen LogP contribution in [-0.2, 0) is 4.79 Å². The van der Waals surface area contributed by atoms with Gasteiger partial charge in [0.05, 0.1) is 11.2 Å². The molecule has 0 saturated carbocycles. The van der Waals surface area contributed by atoms with Gasteiger partial charge in [-0.25, -0.2) is 5.43 Å². The Hall–Kier alpha value is -2.04. The van der Waals surface area contributed by atoms with Crippen LogP contribution >= 0.6 is 23.2 Å². The van der Waals surface area contributed by atoms with E-state index in [4.69, 9.17) is 27.9 Å². The zero-order valence-corrected chi connectivity index (χ0v) is 14.3. The molecule has 6 heteroatoms. The van der Waals surface area contributed by atoms with Crippen LogP contribution in [0.2, 0.25) is 10.0 Å². The predicted molar refractivity (Wildman–Crippen MR) is 93.6 cm³/mol. The molecule has 2 aromatic rings. The number of hydrogen-bond donors (Lipinski definition) is 1. The molecule has 120 valence electrons. The van der Waals surface area contributed by atoms with Gasteiger partial charge in [0.25, 0.3) is 5.91 Å². The van der Waals surface area contributed by atoms with Gasteiger partial charge in [0.15, 0.2) is 6.61 Å². The fourth-order valence-electron chi connectivity index (χ4n) is 1.91. The van der Waals surface area contributed by atoms with Crippen molar-refractivity contribution >= 4 is 35.3 Å². The molecule has 0 aromatic heterocycles. The third kappa shape index (κ3) is 5.27. The van der Waals surface area contributed by atoms with Crippen LogP contribution in [0.3, 0.4) is 0 Å². The first-order valence-electron chi connectivity index (χ1n) is 6.92. The topological polar surface area (TPSA) is 50.7 Å². The minimum atomic E-state index is -0.378. The summed E-state index contributed by atoms with van der Waals surface area (Å²) >= 11 is 11.7. The van der Waals surface area contributed by atoms with Crippen molar-refractivity contribution < 1.29 is 9.53 Å². The lowest BCUT2D eigenvalue weighted by Crippen LogP contribution is -2.24. The highest BCUT2D eigenvalue weighted by Crippen LogP contribution is 2.27. The average molecular weight is 351 g/mol. The second-order valence-corrected chi connectivity index (χ2v) is 5.86. The molecule has 0 aliphatic rings. The van der Waals surface area contributed by atoms with Crippen LogP contribution in [0.25, 0.3) is 0 Å². The Morgan fingerprint density at radius 3 is 2.70 bits per heavy atom. The summed E-state index contributed by atoms with van der Waals surface area (Å²) in [5, 5.41) is 4.78. The molecule has 0 bridgehead atoms. The first kappa shape index (κ1) is 17.3. The Morgan fingerprint density at radius 2 is 2.00 bits per heavy atom. The molecule has 2 rings (SSSR count). The maximum atomic E-state index is 11.7. The number of rotatable bonds is 5. The summed E-state index contributed by atoms with van der Waals surface area (Å²) in [7, 11) is 0. The Balaban J connectivity index is 1.86. The maximum absolute atomic E-state index is 11.7. The third-order valence-corrected chi connectivity index (χ3v) is 3.60. The molecule has 0 aliphatic carbocycles. The standard InChI is InChI=1S/C17H16Cl2N2O2/c1-11-3-4-13(12(2)7-11)9-20-21-17(22)10-23-16-6-5-14(18)8-15(16)19/h3-9H,10H2,1-2H3,(H,21,22)/b20-9-. The lowest BCUT2D eigenvalue weighted by atomic mass is 10.1. The van der Waals surface area contributed by atoms with E-state index in [1.54, 1.807) is 24.4 Å². The number of aryl methyl sites for hydroxylation is 2. The van der Waals surface area contributed by atoms with Gasteiger partial charge in [0, 0.05) is 5.02 Å². The van der Waals surface area contributed by atoms with Crippen molar-refractivity contribution in [3.8, 4) is 5.75 Å². The van der Waals surface area contributed by atoms with E-state index >= 15 is 0 Å². The van der Waals surface area contributed by atoms with Crippen molar-refractivity contribution in [2.45, 2.75) is 13.8 Å². The fraction of sp³-hybridized carbons (Fsp3) is 0.176. The molecular formula is C17H16Cl2N2O2. The summed E-state index contributed by atoms with van der Waals surface area (Å²) in [6, 6.07) is 10.8. The van der Waals surface area contributed by atoms with E-state index in [0.717, 1.165) is 11.1 Å². The van der Waals surface area contributed by atoms with Crippen molar-refractivity contribution in [1.82, 2.24) is 5.43 Å². The van der Waals surface area contributed by atoms with Crippen molar-refractivity contribution in [1.29, 1.82) is 0 Å². The quantitative estimate of drug-likeness (QED) is 0.650. The lowest BCUT2D eigenvalue weighted by molar-refractivity contribution is -0.123. The van der Waals surface area contributed by atoms with Crippen molar-refractivity contribution in [2.75, 3.05) is 6.61 Å². The number of carbonyl (C=O) groups is 1. The Kier molecular flexibility index (Phi) is 6.02. The minimum absolute atomic E-state index is 0.189. The van der Waals surface area contributed by atoms with Crippen LogP contribution in [0.5, 0.6) is 5.75 Å². The van der Waals surface area contributed by atoms with Crippen molar-refractivity contribution in [3.63, 3.8) is 0 Å². The van der Waals surface area contributed by atoms with E-state index in [1.165, 1.54) is 5.56 Å². The number of benzene rings is 2. The first-order chi connectivity index (χ1) is 11.0. The van der Waals surface area contributed by atoms with Gasteiger partial charge < -0.3 is 4.74 Å². The highest BCUT2D eigenvalue weighted by atomic mass is 35.5.